The van der Waals surface area contributed by atoms with Crippen LogP contribution in [0.3, 0.4) is 0 Å². The molecule has 6 heteroatoms. The third kappa shape index (κ3) is 4.38. The molecule has 160 valence electrons. The molecule has 0 bridgehead atoms. The third-order valence-electron chi connectivity index (χ3n) is 5.46. The number of carbonyl (C=O) groups is 2. The second kappa shape index (κ2) is 8.19. The Kier molecular flexibility index (Phi) is 5.99. The SMILES string of the molecule is C[C@H](OC(C)(C)C)C(C)(NC(=O)OCC1c2ccccc2-c2ccccc21)C(=O)F. The third-order valence-corrected chi connectivity index (χ3v) is 5.46. The first-order chi connectivity index (χ1) is 14.0. The van der Waals surface area contributed by atoms with Crippen molar-refractivity contribution in [3.05, 3.63) is 59.7 Å². The van der Waals surface area contributed by atoms with E-state index < -0.39 is 29.4 Å². The fourth-order valence-electron chi connectivity index (χ4n) is 3.81. The number of carbonyl (C=O) groups excluding carboxylic acids is 2. The molecule has 1 aliphatic carbocycles. The van der Waals surface area contributed by atoms with E-state index in [9.17, 15) is 14.0 Å². The molecule has 2 atom stereocenters. The van der Waals surface area contributed by atoms with E-state index in [-0.39, 0.29) is 12.5 Å². The molecule has 1 aliphatic rings. The van der Waals surface area contributed by atoms with Crippen LogP contribution in [0.4, 0.5) is 9.18 Å². The Morgan fingerprint density at radius 1 is 1.00 bits per heavy atom. The van der Waals surface area contributed by atoms with E-state index in [2.05, 4.69) is 5.32 Å². The van der Waals surface area contributed by atoms with Gasteiger partial charge in [0, 0.05) is 5.92 Å². The molecule has 30 heavy (non-hydrogen) atoms. The van der Waals surface area contributed by atoms with Crippen LogP contribution >= 0.6 is 0 Å². The average Bonchev–Trinajstić information content (AvgIpc) is 2.98. The summed E-state index contributed by atoms with van der Waals surface area (Å²) in [5.41, 5.74) is 1.89. The quantitative estimate of drug-likeness (QED) is 0.678. The molecule has 0 aliphatic heterocycles. The number of hydrogen-bond donors (Lipinski definition) is 1. The maximum Gasteiger partial charge on any atom is 0.408 e. The zero-order valence-electron chi connectivity index (χ0n) is 18.0. The fourth-order valence-corrected chi connectivity index (χ4v) is 3.81. The summed E-state index contributed by atoms with van der Waals surface area (Å²) in [7, 11) is 0. The van der Waals surface area contributed by atoms with Gasteiger partial charge in [0.2, 0.25) is 0 Å². The predicted molar refractivity (Wildman–Crippen MR) is 113 cm³/mol. The maximum atomic E-state index is 13.9. The molecule has 0 heterocycles. The van der Waals surface area contributed by atoms with Crippen LogP contribution < -0.4 is 5.32 Å². The summed E-state index contributed by atoms with van der Waals surface area (Å²) in [5.74, 6) is -0.126. The van der Waals surface area contributed by atoms with Crippen LogP contribution in [-0.2, 0) is 14.3 Å². The molecule has 2 aromatic carbocycles. The maximum absolute atomic E-state index is 13.9. The number of benzene rings is 2. The van der Waals surface area contributed by atoms with Gasteiger partial charge in [-0.1, -0.05) is 48.5 Å². The first kappa shape index (κ1) is 22.0. The molecule has 0 saturated carbocycles. The minimum Gasteiger partial charge on any atom is -0.449 e. The number of halogens is 1. The highest BCUT2D eigenvalue weighted by atomic mass is 19.1. The van der Waals surface area contributed by atoms with Crippen molar-refractivity contribution in [1.82, 2.24) is 5.32 Å². The van der Waals surface area contributed by atoms with Gasteiger partial charge in [-0.25, -0.2) is 4.79 Å². The summed E-state index contributed by atoms with van der Waals surface area (Å²) in [5, 5.41) is 2.38. The van der Waals surface area contributed by atoms with Gasteiger partial charge in [-0.2, -0.15) is 4.39 Å². The summed E-state index contributed by atoms with van der Waals surface area (Å²) in [6.07, 6.45) is -1.76. The van der Waals surface area contributed by atoms with E-state index >= 15 is 0 Å². The summed E-state index contributed by atoms with van der Waals surface area (Å²) < 4.78 is 25.0. The number of hydrogen-bond acceptors (Lipinski definition) is 4. The van der Waals surface area contributed by atoms with Gasteiger partial charge < -0.3 is 14.8 Å². The van der Waals surface area contributed by atoms with Crippen molar-refractivity contribution in [2.75, 3.05) is 6.61 Å². The first-order valence-corrected chi connectivity index (χ1v) is 10.0. The lowest BCUT2D eigenvalue weighted by molar-refractivity contribution is -0.148. The first-order valence-electron chi connectivity index (χ1n) is 10.0. The molecule has 0 aromatic heterocycles. The molecule has 1 amide bonds. The number of amides is 1. The van der Waals surface area contributed by atoms with E-state index in [0.717, 1.165) is 22.3 Å². The Balaban J connectivity index is 1.73. The summed E-state index contributed by atoms with van der Waals surface area (Å²) in [4.78, 5) is 24.2. The van der Waals surface area contributed by atoms with Crippen LogP contribution in [0.25, 0.3) is 11.1 Å². The summed E-state index contributed by atoms with van der Waals surface area (Å²) in [6, 6.07) is 14.3. The lowest BCUT2D eigenvalue weighted by Crippen LogP contribution is -2.60. The van der Waals surface area contributed by atoms with Gasteiger partial charge in [0.15, 0.2) is 5.54 Å². The van der Waals surface area contributed by atoms with Crippen LogP contribution in [0.5, 0.6) is 0 Å². The van der Waals surface area contributed by atoms with E-state index in [4.69, 9.17) is 9.47 Å². The van der Waals surface area contributed by atoms with Crippen LogP contribution in [-0.4, -0.2) is 36.0 Å². The molecule has 1 N–H and O–H groups in total. The van der Waals surface area contributed by atoms with Crippen LogP contribution in [0, 0.1) is 0 Å². The largest absolute Gasteiger partial charge is 0.449 e. The molecule has 3 rings (SSSR count). The molecule has 0 spiro atoms. The number of fused-ring (bicyclic) bond motifs is 3. The van der Waals surface area contributed by atoms with Gasteiger partial charge in [-0.15, -0.1) is 0 Å². The van der Waals surface area contributed by atoms with Crippen molar-refractivity contribution in [2.45, 2.75) is 57.8 Å². The van der Waals surface area contributed by atoms with Crippen molar-refractivity contribution in [2.24, 2.45) is 0 Å². The molecule has 0 fully saturated rings. The Labute approximate surface area is 176 Å². The van der Waals surface area contributed by atoms with Gasteiger partial charge in [0.25, 0.3) is 0 Å². The van der Waals surface area contributed by atoms with E-state index in [0.29, 0.717) is 0 Å². The molecule has 0 radical (unpaired) electrons. The molecule has 1 unspecified atom stereocenters. The Morgan fingerprint density at radius 3 is 1.97 bits per heavy atom. The molecular formula is C24H28FNO4. The summed E-state index contributed by atoms with van der Waals surface area (Å²) >= 11 is 0. The van der Waals surface area contributed by atoms with Crippen molar-refractivity contribution in [1.29, 1.82) is 0 Å². The minimum absolute atomic E-state index is 0.0743. The van der Waals surface area contributed by atoms with Crippen molar-refractivity contribution < 1.29 is 23.5 Å². The number of ether oxygens (including phenoxy) is 2. The lowest BCUT2D eigenvalue weighted by atomic mass is 9.96. The second-order valence-electron chi connectivity index (χ2n) is 8.80. The smallest absolute Gasteiger partial charge is 0.408 e. The van der Waals surface area contributed by atoms with Gasteiger partial charge >= 0.3 is 12.1 Å². The van der Waals surface area contributed by atoms with E-state index in [1.807, 2.05) is 48.5 Å². The highest BCUT2D eigenvalue weighted by Gasteiger charge is 2.44. The number of nitrogens with one attached hydrogen (secondary N) is 1. The monoisotopic (exact) mass is 413 g/mol. The Hall–Kier alpha value is -2.73. The standard InChI is InChI=1S/C24H28FNO4/c1-15(30-23(2,3)4)24(5,21(25)27)26-22(28)29-14-20-18-12-8-6-10-16(18)17-11-7-9-13-19(17)20/h6-13,15,20H,14H2,1-5H3,(H,26,28)/t15-,24?/m0/s1. The van der Waals surface area contributed by atoms with Crippen molar-refractivity contribution in [3.63, 3.8) is 0 Å². The predicted octanol–water partition coefficient (Wildman–Crippen LogP) is 4.98. The Bertz CT molecular complexity index is 907. The zero-order valence-corrected chi connectivity index (χ0v) is 18.0. The summed E-state index contributed by atoms with van der Waals surface area (Å²) in [6.45, 7) is 8.30. The van der Waals surface area contributed by atoms with E-state index in [1.54, 1.807) is 27.7 Å². The van der Waals surface area contributed by atoms with E-state index in [1.165, 1.54) is 6.92 Å². The molecule has 2 aromatic rings. The van der Waals surface area contributed by atoms with Gasteiger partial charge in [-0.3, -0.25) is 4.79 Å². The molecule has 5 nitrogen and oxygen atoms in total. The minimum atomic E-state index is -1.85. The van der Waals surface area contributed by atoms with Gasteiger partial charge in [0.1, 0.15) is 6.61 Å². The molecular weight excluding hydrogens is 385 g/mol. The highest BCUT2D eigenvalue weighted by Crippen LogP contribution is 2.44. The highest BCUT2D eigenvalue weighted by molar-refractivity contribution is 5.85. The average molecular weight is 413 g/mol. The Morgan fingerprint density at radius 2 is 1.50 bits per heavy atom. The zero-order chi connectivity index (χ0) is 22.1. The topological polar surface area (TPSA) is 64.6 Å². The van der Waals surface area contributed by atoms with Gasteiger partial charge in [0.05, 0.1) is 11.7 Å². The fraction of sp³-hybridized carbons (Fsp3) is 0.417. The number of alkyl carbamates (subject to hydrolysis) is 1. The van der Waals surface area contributed by atoms with Crippen LogP contribution in [0.1, 0.15) is 51.7 Å². The normalized spacial score (nSPS) is 16.2. The molecule has 0 saturated heterocycles. The van der Waals surface area contributed by atoms with Crippen LogP contribution in [0.2, 0.25) is 0 Å². The number of rotatable bonds is 6. The van der Waals surface area contributed by atoms with Crippen LogP contribution in [0.15, 0.2) is 48.5 Å². The van der Waals surface area contributed by atoms with Gasteiger partial charge in [-0.05, 0) is 56.9 Å². The van der Waals surface area contributed by atoms with Crippen molar-refractivity contribution >= 4 is 12.1 Å². The second-order valence-corrected chi connectivity index (χ2v) is 8.80. The van der Waals surface area contributed by atoms with Crippen molar-refractivity contribution in [3.8, 4) is 11.1 Å². The lowest BCUT2D eigenvalue weighted by Gasteiger charge is -2.35.